The fourth-order valence-electron chi connectivity index (χ4n) is 3.90. The maximum absolute atomic E-state index is 12.8. The summed E-state index contributed by atoms with van der Waals surface area (Å²) in [5, 5.41) is 3.06. The van der Waals surface area contributed by atoms with Crippen LogP contribution in [0.15, 0.2) is 29.1 Å². The minimum Gasteiger partial charge on any atom is -0.351 e. The van der Waals surface area contributed by atoms with Crippen molar-refractivity contribution < 1.29 is 4.79 Å². The number of aryl methyl sites for hydroxylation is 1. The summed E-state index contributed by atoms with van der Waals surface area (Å²) >= 11 is 0. The lowest BCUT2D eigenvalue weighted by atomic mass is 10.1. The Bertz CT molecular complexity index is 802. The molecule has 6 heteroatoms. The van der Waals surface area contributed by atoms with E-state index in [0.717, 1.165) is 37.1 Å². The number of nitrogens with one attached hydrogen (secondary N) is 1. The normalized spacial score (nSPS) is 16.7. The number of carbonyl (C=O) groups excluding carboxylic acids is 1. The minimum absolute atomic E-state index is 0.0698. The highest BCUT2D eigenvalue weighted by atomic mass is 16.2. The molecule has 0 saturated carbocycles. The van der Waals surface area contributed by atoms with Crippen LogP contribution < -0.4 is 11.0 Å². The second-order valence-electron chi connectivity index (χ2n) is 7.34. The Hall–Kier alpha value is -2.08. The van der Waals surface area contributed by atoms with Crippen molar-refractivity contribution in [1.29, 1.82) is 0 Å². The van der Waals surface area contributed by atoms with E-state index in [0.29, 0.717) is 6.54 Å². The lowest BCUT2D eigenvalue weighted by Gasteiger charge is -2.29. The Morgan fingerprint density at radius 2 is 1.77 bits per heavy atom. The third-order valence-corrected chi connectivity index (χ3v) is 5.06. The summed E-state index contributed by atoms with van der Waals surface area (Å²) < 4.78 is 3.35. The Morgan fingerprint density at radius 1 is 1.12 bits per heavy atom. The Morgan fingerprint density at radius 3 is 2.42 bits per heavy atom. The lowest BCUT2D eigenvalue weighted by molar-refractivity contribution is -0.122. The number of nitrogens with zero attached hydrogens (tertiary/aromatic N) is 3. The topological polar surface area (TPSA) is 59.3 Å². The molecule has 6 nitrogen and oxygen atoms in total. The maximum atomic E-state index is 12.8. The Kier molecular flexibility index (Phi) is 6.14. The number of amides is 1. The monoisotopic (exact) mass is 358 g/mol. The van der Waals surface area contributed by atoms with Crippen LogP contribution in [0.5, 0.6) is 0 Å². The van der Waals surface area contributed by atoms with Crippen LogP contribution >= 0.6 is 0 Å². The zero-order valence-electron chi connectivity index (χ0n) is 15.9. The van der Waals surface area contributed by atoms with E-state index in [9.17, 15) is 9.59 Å². The van der Waals surface area contributed by atoms with Gasteiger partial charge < -0.3 is 10.2 Å². The number of piperidine rings is 1. The van der Waals surface area contributed by atoms with E-state index < -0.39 is 0 Å². The second kappa shape index (κ2) is 8.54. The number of imidazole rings is 1. The molecule has 1 aromatic heterocycles. The van der Waals surface area contributed by atoms with Crippen molar-refractivity contribution in [1.82, 2.24) is 19.4 Å². The van der Waals surface area contributed by atoms with E-state index in [1.54, 1.807) is 9.13 Å². The predicted octanol–water partition coefficient (Wildman–Crippen LogP) is 2.20. The van der Waals surface area contributed by atoms with Crippen LogP contribution in [0, 0.1) is 0 Å². The van der Waals surface area contributed by atoms with Crippen LogP contribution in [-0.2, 0) is 17.9 Å². The van der Waals surface area contributed by atoms with Gasteiger partial charge in [0.1, 0.15) is 6.54 Å². The average molecular weight is 358 g/mol. The first-order valence-electron chi connectivity index (χ1n) is 9.80. The van der Waals surface area contributed by atoms with Gasteiger partial charge in [0.15, 0.2) is 0 Å². The van der Waals surface area contributed by atoms with E-state index >= 15 is 0 Å². The van der Waals surface area contributed by atoms with Crippen molar-refractivity contribution in [3.05, 3.63) is 34.7 Å². The van der Waals surface area contributed by atoms with Gasteiger partial charge in [-0.05, 0) is 51.4 Å². The van der Waals surface area contributed by atoms with Crippen LogP contribution in [-0.4, -0.2) is 45.6 Å². The van der Waals surface area contributed by atoms with Gasteiger partial charge in [-0.15, -0.1) is 0 Å². The predicted molar refractivity (Wildman–Crippen MR) is 104 cm³/mol. The molecule has 1 saturated heterocycles. The van der Waals surface area contributed by atoms with Gasteiger partial charge in [-0.2, -0.15) is 0 Å². The Labute approximate surface area is 154 Å². The van der Waals surface area contributed by atoms with E-state index in [2.05, 4.69) is 10.2 Å². The third kappa shape index (κ3) is 4.18. The molecule has 1 N–H and O–H groups in total. The average Bonchev–Trinajstić information content (AvgIpc) is 2.89. The van der Waals surface area contributed by atoms with Crippen LogP contribution in [0.25, 0.3) is 11.0 Å². The molecule has 26 heavy (non-hydrogen) atoms. The van der Waals surface area contributed by atoms with Crippen LogP contribution in [0.4, 0.5) is 0 Å². The van der Waals surface area contributed by atoms with Crippen molar-refractivity contribution in [2.24, 2.45) is 0 Å². The van der Waals surface area contributed by atoms with E-state index in [1.165, 1.54) is 19.3 Å². The minimum atomic E-state index is -0.105. The van der Waals surface area contributed by atoms with Gasteiger partial charge in [0, 0.05) is 19.1 Å². The summed E-state index contributed by atoms with van der Waals surface area (Å²) in [5.74, 6) is -0.101. The fraction of sp³-hybridized carbons (Fsp3) is 0.600. The van der Waals surface area contributed by atoms with E-state index in [-0.39, 0.29) is 24.2 Å². The van der Waals surface area contributed by atoms with Crippen LogP contribution in [0.2, 0.25) is 0 Å². The smallest absolute Gasteiger partial charge is 0.329 e. The molecule has 142 valence electrons. The summed E-state index contributed by atoms with van der Waals surface area (Å²) in [5.41, 5.74) is 1.62. The van der Waals surface area contributed by atoms with Crippen molar-refractivity contribution >= 4 is 16.9 Å². The summed E-state index contributed by atoms with van der Waals surface area (Å²) in [6, 6.07) is 7.78. The number of likely N-dealkylation sites (tertiary alicyclic amines) is 1. The van der Waals surface area contributed by atoms with Crippen molar-refractivity contribution in [3.63, 3.8) is 0 Å². The summed E-state index contributed by atoms with van der Waals surface area (Å²) in [4.78, 5) is 27.7. The van der Waals surface area contributed by atoms with Crippen molar-refractivity contribution in [3.8, 4) is 0 Å². The Balaban J connectivity index is 1.69. The first kappa shape index (κ1) is 18.7. The highest BCUT2D eigenvalue weighted by molar-refractivity contribution is 5.81. The zero-order chi connectivity index (χ0) is 18.5. The molecule has 1 aliphatic rings. The van der Waals surface area contributed by atoms with Gasteiger partial charge in [0.25, 0.3) is 0 Å². The molecule has 0 aliphatic carbocycles. The molecule has 2 aromatic rings. The standard InChI is InChI=1S/C20H30N4O2/c1-3-11-23-17-9-5-6-10-18(17)24(20(23)26)15-19(25)21-16(2)14-22-12-7-4-8-13-22/h5-6,9-10,16H,3-4,7-8,11-15H2,1-2H3,(H,21,25)/t16-/m0/s1. The zero-order valence-corrected chi connectivity index (χ0v) is 15.9. The second-order valence-corrected chi connectivity index (χ2v) is 7.34. The van der Waals surface area contributed by atoms with Gasteiger partial charge in [0.2, 0.25) is 5.91 Å². The summed E-state index contributed by atoms with van der Waals surface area (Å²) in [6.45, 7) is 7.93. The summed E-state index contributed by atoms with van der Waals surface area (Å²) in [6.07, 6.45) is 4.68. The van der Waals surface area contributed by atoms with E-state index in [1.807, 2.05) is 38.1 Å². The number of fused-ring (bicyclic) bond motifs is 1. The van der Waals surface area contributed by atoms with Crippen molar-refractivity contribution in [2.45, 2.75) is 58.7 Å². The molecular weight excluding hydrogens is 328 g/mol. The number of rotatable bonds is 7. The molecule has 0 unspecified atom stereocenters. The van der Waals surface area contributed by atoms with Crippen LogP contribution in [0.3, 0.4) is 0 Å². The molecule has 1 atom stereocenters. The number of benzene rings is 1. The number of hydrogen-bond acceptors (Lipinski definition) is 3. The molecule has 0 spiro atoms. The van der Waals surface area contributed by atoms with Gasteiger partial charge in [-0.3, -0.25) is 13.9 Å². The van der Waals surface area contributed by atoms with Gasteiger partial charge >= 0.3 is 5.69 Å². The first-order valence-corrected chi connectivity index (χ1v) is 9.80. The first-order chi connectivity index (χ1) is 12.6. The van der Waals surface area contributed by atoms with Gasteiger partial charge in [-0.1, -0.05) is 25.5 Å². The number of para-hydroxylation sites is 2. The number of carbonyl (C=O) groups is 1. The molecule has 1 aliphatic heterocycles. The molecule has 0 bridgehead atoms. The van der Waals surface area contributed by atoms with Gasteiger partial charge in [-0.25, -0.2) is 4.79 Å². The number of aromatic nitrogens is 2. The molecule has 2 heterocycles. The fourth-order valence-corrected chi connectivity index (χ4v) is 3.90. The molecule has 1 amide bonds. The molecule has 1 fully saturated rings. The van der Waals surface area contributed by atoms with Gasteiger partial charge in [0.05, 0.1) is 11.0 Å². The molecule has 0 radical (unpaired) electrons. The molecular formula is C20H30N4O2. The molecule has 3 rings (SSSR count). The highest BCUT2D eigenvalue weighted by Crippen LogP contribution is 2.13. The van der Waals surface area contributed by atoms with E-state index in [4.69, 9.17) is 0 Å². The largest absolute Gasteiger partial charge is 0.351 e. The number of hydrogen-bond donors (Lipinski definition) is 1. The van der Waals surface area contributed by atoms with Crippen LogP contribution in [0.1, 0.15) is 39.5 Å². The molecule has 1 aromatic carbocycles. The third-order valence-electron chi connectivity index (χ3n) is 5.06. The highest BCUT2D eigenvalue weighted by Gasteiger charge is 2.18. The quantitative estimate of drug-likeness (QED) is 0.825. The lowest BCUT2D eigenvalue weighted by Crippen LogP contribution is -2.45. The SMILES string of the molecule is CCCn1c(=O)n(CC(=O)N[C@@H](C)CN2CCCCC2)c2ccccc21. The summed E-state index contributed by atoms with van der Waals surface area (Å²) in [7, 11) is 0. The maximum Gasteiger partial charge on any atom is 0.329 e. The van der Waals surface area contributed by atoms with Crippen molar-refractivity contribution in [2.75, 3.05) is 19.6 Å².